The quantitative estimate of drug-likeness (QED) is 0.326. The van der Waals surface area contributed by atoms with E-state index < -0.39 is 0 Å². The number of nitrogens with zero attached hydrogens (tertiary/aromatic N) is 5. The largest absolute Gasteiger partial charge is 0.353 e. The van der Waals surface area contributed by atoms with Crippen LogP contribution in [0.1, 0.15) is 50.2 Å². The van der Waals surface area contributed by atoms with E-state index in [4.69, 9.17) is 4.99 Å². The lowest BCUT2D eigenvalue weighted by atomic mass is 9.73. The second kappa shape index (κ2) is 9.00. The molecule has 3 rings (SSSR count). The SMILES string of the molecule is C=CCNC(=NCc1nnc(C)n1C)N1CCC2(CCCCC2)C1.I. The Labute approximate surface area is 168 Å². The second-order valence-electron chi connectivity index (χ2n) is 7.26. The molecule has 1 aliphatic carbocycles. The summed E-state index contributed by atoms with van der Waals surface area (Å²) in [5, 5.41) is 11.8. The molecule has 0 bridgehead atoms. The van der Waals surface area contributed by atoms with E-state index >= 15 is 0 Å². The highest BCUT2D eigenvalue weighted by molar-refractivity contribution is 14.0. The van der Waals surface area contributed by atoms with Crippen LogP contribution in [0.5, 0.6) is 0 Å². The first-order valence-electron chi connectivity index (χ1n) is 9.13. The Kier molecular flexibility index (Phi) is 7.27. The monoisotopic (exact) mass is 458 g/mol. The molecular weight excluding hydrogens is 427 g/mol. The number of hydrogen-bond donors (Lipinski definition) is 1. The van der Waals surface area contributed by atoms with Crippen LogP contribution in [0.2, 0.25) is 0 Å². The van der Waals surface area contributed by atoms with Gasteiger partial charge in [-0.05, 0) is 31.6 Å². The van der Waals surface area contributed by atoms with Crippen molar-refractivity contribution in [1.29, 1.82) is 0 Å². The van der Waals surface area contributed by atoms with E-state index in [0.29, 0.717) is 12.0 Å². The number of halogens is 1. The Balaban J connectivity index is 0.00000225. The van der Waals surface area contributed by atoms with Crippen molar-refractivity contribution in [1.82, 2.24) is 25.0 Å². The lowest BCUT2D eigenvalue weighted by molar-refractivity contribution is 0.203. The summed E-state index contributed by atoms with van der Waals surface area (Å²) in [6.45, 7) is 9.30. The van der Waals surface area contributed by atoms with Gasteiger partial charge in [0.05, 0.1) is 0 Å². The lowest BCUT2D eigenvalue weighted by Gasteiger charge is -2.33. The van der Waals surface area contributed by atoms with Crippen LogP contribution in [-0.4, -0.2) is 45.3 Å². The number of rotatable bonds is 4. The van der Waals surface area contributed by atoms with Gasteiger partial charge in [0.15, 0.2) is 11.8 Å². The highest BCUT2D eigenvalue weighted by Gasteiger charge is 2.39. The average molecular weight is 458 g/mol. The molecule has 1 aromatic heterocycles. The molecule has 1 spiro atoms. The predicted octanol–water partition coefficient (Wildman–Crippen LogP) is 3.03. The number of nitrogens with one attached hydrogen (secondary N) is 1. The molecule has 1 saturated heterocycles. The maximum atomic E-state index is 4.83. The van der Waals surface area contributed by atoms with E-state index in [1.165, 1.54) is 38.5 Å². The van der Waals surface area contributed by atoms with Gasteiger partial charge in [-0.2, -0.15) is 0 Å². The molecule has 1 N–H and O–H groups in total. The molecule has 2 heterocycles. The molecule has 0 radical (unpaired) electrons. The topological polar surface area (TPSA) is 58.3 Å². The number of hydrogen-bond acceptors (Lipinski definition) is 3. The van der Waals surface area contributed by atoms with Gasteiger partial charge in [-0.1, -0.05) is 25.3 Å². The summed E-state index contributed by atoms with van der Waals surface area (Å²) in [5.41, 5.74) is 0.524. The van der Waals surface area contributed by atoms with Gasteiger partial charge in [0.25, 0.3) is 0 Å². The molecule has 2 aliphatic rings. The van der Waals surface area contributed by atoms with Gasteiger partial charge >= 0.3 is 0 Å². The normalized spacial score (nSPS) is 19.8. The van der Waals surface area contributed by atoms with Crippen molar-refractivity contribution in [2.45, 2.75) is 52.0 Å². The smallest absolute Gasteiger partial charge is 0.194 e. The zero-order valence-electron chi connectivity index (χ0n) is 15.5. The number of aromatic nitrogens is 3. The molecule has 140 valence electrons. The van der Waals surface area contributed by atoms with Gasteiger partial charge in [0, 0.05) is 26.7 Å². The fraction of sp³-hybridized carbons (Fsp3) is 0.722. The summed E-state index contributed by atoms with van der Waals surface area (Å²) in [4.78, 5) is 7.25. The first-order valence-corrected chi connectivity index (χ1v) is 9.13. The van der Waals surface area contributed by atoms with Crippen LogP contribution in [0.4, 0.5) is 0 Å². The Hall–Kier alpha value is -1.12. The molecule has 0 amide bonds. The minimum absolute atomic E-state index is 0. The van der Waals surface area contributed by atoms with Crippen molar-refractivity contribution in [2.75, 3.05) is 19.6 Å². The summed E-state index contributed by atoms with van der Waals surface area (Å²) >= 11 is 0. The van der Waals surface area contributed by atoms with Crippen LogP contribution in [0.15, 0.2) is 17.6 Å². The number of guanidine groups is 1. The van der Waals surface area contributed by atoms with E-state index in [9.17, 15) is 0 Å². The third kappa shape index (κ3) is 4.74. The fourth-order valence-electron chi connectivity index (χ4n) is 3.99. The molecule has 1 aliphatic heterocycles. The molecule has 0 aromatic carbocycles. The average Bonchev–Trinajstić information content (AvgIpc) is 3.14. The van der Waals surface area contributed by atoms with Crippen LogP contribution in [0, 0.1) is 12.3 Å². The molecule has 25 heavy (non-hydrogen) atoms. The molecule has 6 nitrogen and oxygen atoms in total. The lowest BCUT2D eigenvalue weighted by Crippen LogP contribution is -2.41. The van der Waals surface area contributed by atoms with Crippen molar-refractivity contribution >= 4 is 29.9 Å². The van der Waals surface area contributed by atoms with Gasteiger partial charge in [-0.3, -0.25) is 0 Å². The van der Waals surface area contributed by atoms with Gasteiger partial charge in [0.1, 0.15) is 12.4 Å². The van der Waals surface area contributed by atoms with Gasteiger partial charge < -0.3 is 14.8 Å². The van der Waals surface area contributed by atoms with Gasteiger partial charge in [-0.15, -0.1) is 40.8 Å². The minimum atomic E-state index is 0. The van der Waals surface area contributed by atoms with E-state index in [-0.39, 0.29) is 24.0 Å². The van der Waals surface area contributed by atoms with Gasteiger partial charge in [-0.25, -0.2) is 4.99 Å². The van der Waals surface area contributed by atoms with Gasteiger partial charge in [0.2, 0.25) is 0 Å². The standard InChI is InChI=1S/C18H30N6.HI/c1-4-11-19-17(20-13-16-22-21-15(2)23(16)3)24-12-10-18(14-24)8-6-5-7-9-18;/h4H,1,5-14H2,2-3H3,(H,19,20);1H. The summed E-state index contributed by atoms with van der Waals surface area (Å²) in [7, 11) is 1.99. The number of likely N-dealkylation sites (tertiary alicyclic amines) is 1. The zero-order chi connectivity index (χ0) is 17.0. The van der Waals surface area contributed by atoms with Crippen molar-refractivity contribution in [3.05, 3.63) is 24.3 Å². The molecule has 7 heteroatoms. The Bertz CT molecular complexity index is 603. The van der Waals surface area contributed by atoms with Crippen LogP contribution >= 0.6 is 24.0 Å². The molecule has 1 saturated carbocycles. The highest BCUT2D eigenvalue weighted by Crippen LogP contribution is 2.43. The number of aliphatic imine (C=N–C) groups is 1. The Morgan fingerprint density at radius 3 is 2.68 bits per heavy atom. The summed E-state index contributed by atoms with van der Waals surface area (Å²) in [6, 6.07) is 0. The van der Waals surface area contributed by atoms with Crippen LogP contribution in [0.25, 0.3) is 0 Å². The zero-order valence-corrected chi connectivity index (χ0v) is 17.8. The molecule has 1 aromatic rings. The fourth-order valence-corrected chi connectivity index (χ4v) is 3.99. The third-order valence-corrected chi connectivity index (χ3v) is 5.61. The molecular formula is C18H31IN6. The first kappa shape index (κ1) is 20.2. The maximum Gasteiger partial charge on any atom is 0.194 e. The molecule has 2 fully saturated rings. The van der Waals surface area contributed by atoms with Crippen LogP contribution < -0.4 is 5.32 Å². The Morgan fingerprint density at radius 2 is 2.04 bits per heavy atom. The highest BCUT2D eigenvalue weighted by atomic mass is 127. The van der Waals surface area contributed by atoms with Crippen molar-refractivity contribution in [3.8, 4) is 0 Å². The van der Waals surface area contributed by atoms with E-state index in [1.807, 2.05) is 24.6 Å². The van der Waals surface area contributed by atoms with E-state index in [2.05, 4.69) is 27.0 Å². The third-order valence-electron chi connectivity index (χ3n) is 5.61. The van der Waals surface area contributed by atoms with E-state index in [1.54, 1.807) is 0 Å². The predicted molar refractivity (Wildman–Crippen MR) is 112 cm³/mol. The summed E-state index contributed by atoms with van der Waals surface area (Å²) in [6.07, 6.45) is 10.1. The minimum Gasteiger partial charge on any atom is -0.353 e. The maximum absolute atomic E-state index is 4.83. The van der Waals surface area contributed by atoms with Crippen LogP contribution in [-0.2, 0) is 13.6 Å². The first-order chi connectivity index (χ1) is 11.6. The summed E-state index contributed by atoms with van der Waals surface area (Å²) in [5.74, 6) is 2.80. The number of aryl methyl sites for hydroxylation is 1. The Morgan fingerprint density at radius 1 is 1.28 bits per heavy atom. The van der Waals surface area contributed by atoms with E-state index in [0.717, 1.165) is 37.2 Å². The van der Waals surface area contributed by atoms with Crippen LogP contribution in [0.3, 0.4) is 0 Å². The molecule has 0 atom stereocenters. The summed E-state index contributed by atoms with van der Waals surface area (Å²) < 4.78 is 2.00. The van der Waals surface area contributed by atoms with Crippen molar-refractivity contribution in [3.63, 3.8) is 0 Å². The van der Waals surface area contributed by atoms with Crippen molar-refractivity contribution < 1.29 is 0 Å². The van der Waals surface area contributed by atoms with Crippen molar-refractivity contribution in [2.24, 2.45) is 17.5 Å². The molecule has 0 unspecified atom stereocenters. The second-order valence-corrected chi connectivity index (χ2v) is 7.26.